The molecule has 1 aromatic heterocycles. The maximum Gasteiger partial charge on any atom is 0.322 e. The number of pyridine rings is 1. The predicted molar refractivity (Wildman–Crippen MR) is 109 cm³/mol. The van der Waals surface area contributed by atoms with Gasteiger partial charge >= 0.3 is 6.03 Å². The third-order valence-electron chi connectivity index (χ3n) is 4.96. The quantitative estimate of drug-likeness (QED) is 0.888. The molecule has 1 saturated heterocycles. The summed E-state index contributed by atoms with van der Waals surface area (Å²) in [7, 11) is 1.62. The molecule has 1 atom stereocenters. The molecular weight excluding hydrogens is 340 g/mol. The highest BCUT2D eigenvalue weighted by molar-refractivity contribution is 5.89. The van der Waals surface area contributed by atoms with E-state index >= 15 is 0 Å². The lowest BCUT2D eigenvalue weighted by molar-refractivity contribution is 0.184. The summed E-state index contributed by atoms with van der Waals surface area (Å²) in [5, 5.41) is 3.01. The highest BCUT2D eigenvalue weighted by atomic mass is 16.5. The molecule has 0 aliphatic carbocycles. The van der Waals surface area contributed by atoms with Gasteiger partial charge in [-0.05, 0) is 36.6 Å². The van der Waals surface area contributed by atoms with Crippen LogP contribution < -0.4 is 15.0 Å². The number of aromatic nitrogens is 1. The number of hydrogen-bond donors (Lipinski definition) is 1. The zero-order valence-electron chi connectivity index (χ0n) is 16.5. The Hall–Kier alpha value is -2.76. The zero-order chi connectivity index (χ0) is 19.4. The average Bonchev–Trinajstić information content (AvgIpc) is 2.68. The molecule has 6 nitrogen and oxygen atoms in total. The van der Waals surface area contributed by atoms with Gasteiger partial charge in [0.05, 0.1) is 7.11 Å². The summed E-state index contributed by atoms with van der Waals surface area (Å²) >= 11 is 0. The minimum absolute atomic E-state index is 0.0574. The minimum atomic E-state index is -0.0574. The summed E-state index contributed by atoms with van der Waals surface area (Å²) in [5.41, 5.74) is 2.09. The smallest absolute Gasteiger partial charge is 0.322 e. The number of carbonyl (C=O) groups excluding carboxylic acids is 1. The van der Waals surface area contributed by atoms with Crippen LogP contribution in [0.2, 0.25) is 0 Å². The fourth-order valence-electron chi connectivity index (χ4n) is 3.31. The van der Waals surface area contributed by atoms with Crippen molar-refractivity contribution in [3.8, 4) is 5.88 Å². The summed E-state index contributed by atoms with van der Waals surface area (Å²) in [4.78, 5) is 21.3. The Labute approximate surface area is 161 Å². The summed E-state index contributed by atoms with van der Waals surface area (Å²) in [6.07, 6.45) is 0. The van der Waals surface area contributed by atoms with Crippen LogP contribution in [0, 0.1) is 0 Å². The molecule has 27 heavy (non-hydrogen) atoms. The maximum absolute atomic E-state index is 12.7. The van der Waals surface area contributed by atoms with E-state index in [2.05, 4.69) is 48.1 Å². The molecule has 0 unspecified atom stereocenters. The number of carbonyl (C=O) groups is 1. The maximum atomic E-state index is 12.7. The summed E-state index contributed by atoms with van der Waals surface area (Å²) < 4.78 is 5.21. The Balaban J connectivity index is 1.61. The highest BCUT2D eigenvalue weighted by Gasteiger charge is 2.28. The number of urea groups is 1. The molecule has 2 amide bonds. The van der Waals surface area contributed by atoms with Crippen molar-refractivity contribution in [2.45, 2.75) is 32.7 Å². The molecule has 3 rings (SSSR count). The molecule has 0 bridgehead atoms. The Kier molecular flexibility index (Phi) is 5.84. The topological polar surface area (TPSA) is 57.7 Å². The van der Waals surface area contributed by atoms with Crippen LogP contribution in [0.4, 0.5) is 16.3 Å². The largest absolute Gasteiger partial charge is 0.481 e. The monoisotopic (exact) mass is 368 g/mol. The number of methoxy groups -OCH3 is 1. The Morgan fingerprint density at radius 3 is 2.56 bits per heavy atom. The number of hydrogen-bond acceptors (Lipinski definition) is 4. The number of rotatable bonds is 4. The first-order chi connectivity index (χ1) is 13.0. The van der Waals surface area contributed by atoms with E-state index < -0.39 is 0 Å². The third kappa shape index (κ3) is 4.51. The van der Waals surface area contributed by atoms with E-state index in [1.165, 1.54) is 5.56 Å². The van der Waals surface area contributed by atoms with Crippen LogP contribution in [0.5, 0.6) is 5.88 Å². The number of benzene rings is 1. The third-order valence-corrected chi connectivity index (χ3v) is 4.96. The molecule has 2 heterocycles. The zero-order valence-corrected chi connectivity index (χ0v) is 16.5. The van der Waals surface area contributed by atoms with E-state index in [-0.39, 0.29) is 12.1 Å². The summed E-state index contributed by atoms with van der Waals surface area (Å²) in [5.74, 6) is 1.96. The number of anilines is 2. The van der Waals surface area contributed by atoms with Gasteiger partial charge in [0.2, 0.25) is 5.88 Å². The van der Waals surface area contributed by atoms with Crippen molar-refractivity contribution in [3.05, 3.63) is 48.0 Å². The lowest BCUT2D eigenvalue weighted by Gasteiger charge is -2.40. The predicted octanol–water partition coefficient (Wildman–Crippen LogP) is 3.96. The molecule has 1 aromatic carbocycles. The second-order valence-corrected chi connectivity index (χ2v) is 7.23. The van der Waals surface area contributed by atoms with Crippen molar-refractivity contribution in [1.82, 2.24) is 9.88 Å². The van der Waals surface area contributed by atoms with Crippen molar-refractivity contribution in [2.75, 3.05) is 37.0 Å². The Bertz CT molecular complexity index is 776. The second kappa shape index (κ2) is 8.29. The van der Waals surface area contributed by atoms with Gasteiger partial charge in [-0.3, -0.25) is 0 Å². The molecule has 0 spiro atoms. The molecule has 1 fully saturated rings. The number of piperazine rings is 1. The molecule has 1 aliphatic rings. The van der Waals surface area contributed by atoms with Gasteiger partial charge in [0, 0.05) is 37.4 Å². The van der Waals surface area contributed by atoms with Crippen LogP contribution in [-0.4, -0.2) is 48.7 Å². The van der Waals surface area contributed by atoms with Gasteiger partial charge in [-0.15, -0.1) is 0 Å². The van der Waals surface area contributed by atoms with Crippen molar-refractivity contribution in [3.63, 3.8) is 0 Å². The van der Waals surface area contributed by atoms with Gasteiger partial charge in [-0.25, -0.2) is 4.79 Å². The summed E-state index contributed by atoms with van der Waals surface area (Å²) in [6.45, 7) is 8.51. The lowest BCUT2D eigenvalue weighted by Crippen LogP contribution is -2.55. The van der Waals surface area contributed by atoms with Gasteiger partial charge in [-0.1, -0.05) is 32.0 Å². The normalized spacial score (nSPS) is 17.1. The van der Waals surface area contributed by atoms with Crippen LogP contribution in [-0.2, 0) is 0 Å². The van der Waals surface area contributed by atoms with Crippen LogP contribution >= 0.6 is 0 Å². The molecule has 2 aromatic rings. The molecule has 1 aliphatic heterocycles. The van der Waals surface area contributed by atoms with Crippen molar-refractivity contribution in [1.29, 1.82) is 0 Å². The Morgan fingerprint density at radius 2 is 1.93 bits per heavy atom. The number of nitrogens with one attached hydrogen (secondary N) is 1. The van der Waals surface area contributed by atoms with Gasteiger partial charge in [-0.2, -0.15) is 4.98 Å². The fraction of sp³-hybridized carbons (Fsp3) is 0.429. The second-order valence-electron chi connectivity index (χ2n) is 7.23. The number of amides is 2. The van der Waals surface area contributed by atoms with E-state index in [9.17, 15) is 4.79 Å². The first-order valence-electron chi connectivity index (χ1n) is 9.41. The standard InChI is InChI=1S/C21H28N4O2/c1-15(2)17-8-10-18(11-9-17)22-21(26)25-13-12-24(14-16(25)3)19-6-5-7-20(23-19)27-4/h5-11,15-16H,12-14H2,1-4H3,(H,22,26)/t16-/m1/s1. The van der Waals surface area contributed by atoms with Crippen molar-refractivity contribution in [2.24, 2.45) is 0 Å². The van der Waals surface area contributed by atoms with E-state index in [0.29, 0.717) is 18.3 Å². The number of nitrogens with zero attached hydrogens (tertiary/aromatic N) is 3. The van der Waals surface area contributed by atoms with Crippen molar-refractivity contribution >= 4 is 17.5 Å². The molecule has 144 valence electrons. The average molecular weight is 368 g/mol. The summed E-state index contributed by atoms with van der Waals surface area (Å²) in [6, 6.07) is 13.8. The molecule has 1 N–H and O–H groups in total. The highest BCUT2D eigenvalue weighted by Crippen LogP contribution is 2.21. The Morgan fingerprint density at radius 1 is 1.19 bits per heavy atom. The van der Waals surface area contributed by atoms with Crippen LogP contribution in [0.3, 0.4) is 0 Å². The van der Waals surface area contributed by atoms with Crippen LogP contribution in [0.25, 0.3) is 0 Å². The van der Waals surface area contributed by atoms with Gasteiger partial charge in [0.15, 0.2) is 0 Å². The first kappa shape index (κ1) is 19.0. The van der Waals surface area contributed by atoms with E-state index in [4.69, 9.17) is 4.74 Å². The van der Waals surface area contributed by atoms with E-state index in [1.807, 2.05) is 35.2 Å². The van der Waals surface area contributed by atoms with E-state index in [1.54, 1.807) is 7.11 Å². The molecule has 0 saturated carbocycles. The van der Waals surface area contributed by atoms with E-state index in [0.717, 1.165) is 24.6 Å². The fourth-order valence-corrected chi connectivity index (χ4v) is 3.31. The van der Waals surface area contributed by atoms with Gasteiger partial charge < -0.3 is 19.9 Å². The molecule has 0 radical (unpaired) electrons. The van der Waals surface area contributed by atoms with Gasteiger partial charge in [0.1, 0.15) is 5.82 Å². The van der Waals surface area contributed by atoms with Crippen LogP contribution in [0.1, 0.15) is 32.3 Å². The van der Waals surface area contributed by atoms with Crippen molar-refractivity contribution < 1.29 is 9.53 Å². The molecular formula is C21H28N4O2. The SMILES string of the molecule is COc1cccc(N2CCN(C(=O)Nc3ccc(C(C)C)cc3)[C@H](C)C2)n1. The number of ether oxygens (including phenoxy) is 1. The minimum Gasteiger partial charge on any atom is -0.481 e. The first-order valence-corrected chi connectivity index (χ1v) is 9.41. The lowest BCUT2D eigenvalue weighted by atomic mass is 10.0. The molecule has 6 heteroatoms. The van der Waals surface area contributed by atoms with Gasteiger partial charge in [0.25, 0.3) is 0 Å². The van der Waals surface area contributed by atoms with Crippen LogP contribution in [0.15, 0.2) is 42.5 Å².